The molecular formula is C23H27N5O. The van der Waals surface area contributed by atoms with Crippen molar-refractivity contribution in [2.24, 2.45) is 5.92 Å². The molecule has 1 aliphatic heterocycles. The number of hydrogen-bond acceptors (Lipinski definition) is 5. The summed E-state index contributed by atoms with van der Waals surface area (Å²) in [6.45, 7) is 8.36. The predicted octanol–water partition coefficient (Wildman–Crippen LogP) is 3.60. The van der Waals surface area contributed by atoms with Crippen molar-refractivity contribution in [1.82, 2.24) is 20.3 Å². The fourth-order valence-corrected chi connectivity index (χ4v) is 4.24. The van der Waals surface area contributed by atoms with Crippen LogP contribution in [0.15, 0.2) is 36.7 Å². The minimum Gasteiger partial charge on any atom is -0.371 e. The number of nitrogens with one attached hydrogen (secondary N) is 1. The highest BCUT2D eigenvalue weighted by Crippen LogP contribution is 2.30. The lowest BCUT2D eigenvalue weighted by atomic mass is 9.96. The third-order valence-electron chi connectivity index (χ3n) is 5.69. The Labute approximate surface area is 171 Å². The van der Waals surface area contributed by atoms with E-state index >= 15 is 0 Å². The Kier molecular flexibility index (Phi) is 5.43. The van der Waals surface area contributed by atoms with Crippen molar-refractivity contribution in [3.63, 3.8) is 0 Å². The topological polar surface area (TPSA) is 71.0 Å². The summed E-state index contributed by atoms with van der Waals surface area (Å²) in [4.78, 5) is 28.1. The van der Waals surface area contributed by atoms with E-state index in [-0.39, 0.29) is 5.91 Å². The minimum absolute atomic E-state index is 0.0806. The lowest BCUT2D eigenvalue weighted by Crippen LogP contribution is -2.41. The lowest BCUT2D eigenvalue weighted by molar-refractivity contribution is 0.0943. The molecule has 0 bridgehead atoms. The Bertz CT molecular complexity index is 1030. The number of carbonyl (C=O) groups excluding carboxylic acids is 1. The molecule has 0 spiro atoms. The number of carbonyl (C=O) groups is 1. The van der Waals surface area contributed by atoms with Crippen LogP contribution in [0, 0.1) is 26.7 Å². The largest absolute Gasteiger partial charge is 0.371 e. The summed E-state index contributed by atoms with van der Waals surface area (Å²) >= 11 is 0. The van der Waals surface area contributed by atoms with E-state index in [1.165, 1.54) is 17.4 Å². The highest BCUT2D eigenvalue weighted by Gasteiger charge is 2.23. The first-order chi connectivity index (χ1) is 14.0. The van der Waals surface area contributed by atoms with E-state index in [0.29, 0.717) is 18.0 Å². The fourth-order valence-electron chi connectivity index (χ4n) is 4.24. The van der Waals surface area contributed by atoms with Crippen LogP contribution < -0.4 is 10.2 Å². The first-order valence-corrected chi connectivity index (χ1v) is 10.2. The predicted molar refractivity (Wildman–Crippen MR) is 115 cm³/mol. The number of rotatable bonds is 4. The number of fused-ring (bicyclic) bond motifs is 1. The van der Waals surface area contributed by atoms with Gasteiger partial charge in [0, 0.05) is 36.4 Å². The Morgan fingerprint density at radius 2 is 1.93 bits per heavy atom. The van der Waals surface area contributed by atoms with Crippen molar-refractivity contribution in [1.29, 1.82) is 0 Å². The zero-order valence-corrected chi connectivity index (χ0v) is 17.3. The van der Waals surface area contributed by atoms with Gasteiger partial charge < -0.3 is 10.2 Å². The van der Waals surface area contributed by atoms with Gasteiger partial charge in [0.2, 0.25) is 0 Å². The Balaban J connectivity index is 1.48. The first kappa shape index (κ1) is 19.3. The molecular weight excluding hydrogens is 362 g/mol. The SMILES string of the molecule is Cc1cc(N2CCCC(CNC(=O)c3c(C)ncnc3C)C2)c2ccccc2n1. The molecule has 1 aliphatic rings. The number of aryl methyl sites for hydroxylation is 3. The van der Waals surface area contributed by atoms with E-state index in [1.807, 2.05) is 26.8 Å². The minimum atomic E-state index is -0.0806. The molecule has 3 heterocycles. The molecule has 1 unspecified atom stereocenters. The van der Waals surface area contributed by atoms with Gasteiger partial charge in [-0.15, -0.1) is 0 Å². The fraction of sp³-hybridized carbons (Fsp3) is 0.391. The molecule has 1 N–H and O–H groups in total. The quantitative estimate of drug-likeness (QED) is 0.738. The van der Waals surface area contributed by atoms with Crippen LogP contribution in [0.4, 0.5) is 5.69 Å². The van der Waals surface area contributed by atoms with Gasteiger partial charge in [-0.3, -0.25) is 9.78 Å². The summed E-state index contributed by atoms with van der Waals surface area (Å²) in [7, 11) is 0. The number of amides is 1. The van der Waals surface area contributed by atoms with Gasteiger partial charge in [-0.2, -0.15) is 0 Å². The van der Waals surface area contributed by atoms with E-state index in [2.05, 4.69) is 49.4 Å². The van der Waals surface area contributed by atoms with E-state index in [4.69, 9.17) is 0 Å². The molecule has 1 fully saturated rings. The van der Waals surface area contributed by atoms with Crippen LogP contribution in [-0.2, 0) is 0 Å². The maximum Gasteiger partial charge on any atom is 0.254 e. The van der Waals surface area contributed by atoms with Crippen LogP contribution in [-0.4, -0.2) is 40.5 Å². The number of aromatic nitrogens is 3. The van der Waals surface area contributed by atoms with E-state index < -0.39 is 0 Å². The first-order valence-electron chi connectivity index (χ1n) is 10.2. The second-order valence-corrected chi connectivity index (χ2v) is 7.88. The molecule has 1 atom stereocenters. The Morgan fingerprint density at radius 3 is 2.72 bits per heavy atom. The molecule has 150 valence electrons. The molecule has 3 aromatic rings. The molecule has 4 rings (SSSR count). The lowest BCUT2D eigenvalue weighted by Gasteiger charge is -2.35. The van der Waals surface area contributed by atoms with Crippen LogP contribution in [0.2, 0.25) is 0 Å². The number of piperidine rings is 1. The molecule has 1 saturated heterocycles. The average Bonchev–Trinajstić information content (AvgIpc) is 2.71. The van der Waals surface area contributed by atoms with Gasteiger partial charge >= 0.3 is 0 Å². The maximum atomic E-state index is 12.7. The number of benzene rings is 1. The maximum absolute atomic E-state index is 12.7. The van der Waals surface area contributed by atoms with Crippen molar-refractivity contribution in [2.45, 2.75) is 33.6 Å². The second kappa shape index (κ2) is 8.15. The van der Waals surface area contributed by atoms with Crippen molar-refractivity contribution in [2.75, 3.05) is 24.5 Å². The molecule has 29 heavy (non-hydrogen) atoms. The van der Waals surface area contributed by atoms with Crippen molar-refractivity contribution in [3.05, 3.63) is 59.3 Å². The number of anilines is 1. The third kappa shape index (κ3) is 4.06. The smallest absolute Gasteiger partial charge is 0.254 e. The Hall–Kier alpha value is -3.02. The molecule has 0 radical (unpaired) electrons. The van der Waals surface area contributed by atoms with Crippen molar-refractivity contribution in [3.8, 4) is 0 Å². The summed E-state index contributed by atoms with van der Waals surface area (Å²) in [5.74, 6) is 0.327. The summed E-state index contributed by atoms with van der Waals surface area (Å²) in [6.07, 6.45) is 3.73. The van der Waals surface area contributed by atoms with Gasteiger partial charge in [-0.25, -0.2) is 9.97 Å². The average molecular weight is 390 g/mol. The van der Waals surface area contributed by atoms with Crippen LogP contribution in [0.1, 0.15) is 40.3 Å². The summed E-state index contributed by atoms with van der Waals surface area (Å²) in [6, 6.07) is 10.5. The molecule has 0 aliphatic carbocycles. The standard InChI is InChI=1S/C23H27N5O/c1-15-11-21(19-8-4-5-9-20(19)27-15)28-10-6-7-18(13-28)12-24-23(29)22-16(2)25-14-26-17(22)3/h4-5,8-9,11,14,18H,6-7,10,12-13H2,1-3H3,(H,24,29). The number of pyridine rings is 1. The van der Waals surface area contributed by atoms with Gasteiger partial charge in [0.25, 0.3) is 5.91 Å². The van der Waals surface area contributed by atoms with Crippen molar-refractivity contribution >= 4 is 22.5 Å². The van der Waals surface area contributed by atoms with Gasteiger partial charge in [0.1, 0.15) is 6.33 Å². The van der Waals surface area contributed by atoms with Crippen LogP contribution in [0.5, 0.6) is 0 Å². The molecule has 1 amide bonds. The molecule has 6 nitrogen and oxygen atoms in total. The molecule has 6 heteroatoms. The van der Waals surface area contributed by atoms with Gasteiger partial charge in [-0.1, -0.05) is 18.2 Å². The number of hydrogen-bond donors (Lipinski definition) is 1. The van der Waals surface area contributed by atoms with Gasteiger partial charge in [0.15, 0.2) is 0 Å². The van der Waals surface area contributed by atoms with E-state index in [0.717, 1.165) is 48.5 Å². The summed E-state index contributed by atoms with van der Waals surface area (Å²) in [5, 5.41) is 4.30. The Morgan fingerprint density at radius 1 is 1.17 bits per heavy atom. The molecule has 2 aromatic heterocycles. The summed E-state index contributed by atoms with van der Waals surface area (Å²) in [5.41, 5.74) is 5.35. The molecule has 1 aromatic carbocycles. The van der Waals surface area contributed by atoms with E-state index in [1.54, 1.807) is 0 Å². The third-order valence-corrected chi connectivity index (χ3v) is 5.69. The van der Waals surface area contributed by atoms with Crippen LogP contribution in [0.25, 0.3) is 10.9 Å². The van der Waals surface area contributed by atoms with Crippen LogP contribution in [0.3, 0.4) is 0 Å². The van der Waals surface area contributed by atoms with Crippen LogP contribution >= 0.6 is 0 Å². The van der Waals surface area contributed by atoms with E-state index in [9.17, 15) is 4.79 Å². The summed E-state index contributed by atoms with van der Waals surface area (Å²) < 4.78 is 0. The van der Waals surface area contributed by atoms with Crippen molar-refractivity contribution < 1.29 is 4.79 Å². The van der Waals surface area contributed by atoms with Gasteiger partial charge in [-0.05, 0) is 51.7 Å². The zero-order valence-electron chi connectivity index (χ0n) is 17.3. The highest BCUT2D eigenvalue weighted by molar-refractivity contribution is 5.96. The zero-order chi connectivity index (χ0) is 20.4. The second-order valence-electron chi connectivity index (χ2n) is 7.88. The highest BCUT2D eigenvalue weighted by atomic mass is 16.1. The number of para-hydroxylation sites is 1. The normalized spacial score (nSPS) is 16.8. The van der Waals surface area contributed by atoms with Gasteiger partial charge in [0.05, 0.1) is 22.5 Å². The monoisotopic (exact) mass is 389 g/mol. The number of nitrogens with zero attached hydrogens (tertiary/aromatic N) is 4. The molecule has 0 saturated carbocycles.